The summed E-state index contributed by atoms with van der Waals surface area (Å²) in [7, 11) is 1.57. The van der Waals surface area contributed by atoms with E-state index in [9.17, 15) is 4.79 Å². The molecule has 0 radical (unpaired) electrons. The van der Waals surface area contributed by atoms with Gasteiger partial charge in [0.2, 0.25) is 0 Å². The summed E-state index contributed by atoms with van der Waals surface area (Å²) in [5.41, 5.74) is 1.46. The van der Waals surface area contributed by atoms with Crippen molar-refractivity contribution in [2.75, 3.05) is 24.8 Å². The molecule has 0 unspecified atom stereocenters. The standard InChI is InChI=1S/C17H22N2O3S2/c1-4-22-14-10-12(7-8-13(14)21-3)16(20)19-17-18-11(2)15(24-17)6-5-9-23/h7-8,10,23H,4-6,9H2,1-3H3,(H,18,19,20). The molecule has 2 aromatic rings. The van der Waals surface area contributed by atoms with Crippen LogP contribution in [-0.4, -0.2) is 30.4 Å². The number of anilines is 1. The van der Waals surface area contributed by atoms with E-state index in [4.69, 9.17) is 9.47 Å². The van der Waals surface area contributed by atoms with E-state index in [1.807, 2.05) is 13.8 Å². The Morgan fingerprint density at radius 2 is 2.17 bits per heavy atom. The first kappa shape index (κ1) is 18.6. The fraction of sp³-hybridized carbons (Fsp3) is 0.412. The van der Waals surface area contributed by atoms with Crippen LogP contribution >= 0.6 is 24.0 Å². The molecule has 0 fully saturated rings. The van der Waals surface area contributed by atoms with E-state index in [-0.39, 0.29) is 5.91 Å². The monoisotopic (exact) mass is 366 g/mol. The molecule has 0 aliphatic carbocycles. The molecular formula is C17H22N2O3S2. The van der Waals surface area contributed by atoms with Crippen molar-refractivity contribution in [2.45, 2.75) is 26.7 Å². The highest BCUT2D eigenvalue weighted by Crippen LogP contribution is 2.29. The molecule has 2 rings (SSSR count). The number of thiazole rings is 1. The van der Waals surface area contributed by atoms with E-state index in [0.717, 1.165) is 24.3 Å². The summed E-state index contributed by atoms with van der Waals surface area (Å²) in [6.07, 6.45) is 1.93. The summed E-state index contributed by atoms with van der Waals surface area (Å²) in [6, 6.07) is 5.12. The van der Waals surface area contributed by atoms with Gasteiger partial charge in [0.05, 0.1) is 19.4 Å². The zero-order valence-corrected chi connectivity index (χ0v) is 15.8. The third-order valence-corrected chi connectivity index (χ3v) is 4.85. The molecule has 0 saturated heterocycles. The van der Waals surface area contributed by atoms with Gasteiger partial charge in [-0.15, -0.1) is 11.3 Å². The number of nitrogens with one attached hydrogen (secondary N) is 1. The van der Waals surface area contributed by atoms with Gasteiger partial charge in [-0.1, -0.05) is 0 Å². The van der Waals surface area contributed by atoms with Gasteiger partial charge < -0.3 is 9.47 Å². The highest BCUT2D eigenvalue weighted by Gasteiger charge is 2.14. The van der Waals surface area contributed by atoms with Crippen LogP contribution in [-0.2, 0) is 6.42 Å². The zero-order chi connectivity index (χ0) is 17.5. The molecule has 1 N–H and O–H groups in total. The van der Waals surface area contributed by atoms with Crippen LogP contribution < -0.4 is 14.8 Å². The summed E-state index contributed by atoms with van der Waals surface area (Å²) in [6.45, 7) is 4.35. The second kappa shape index (κ2) is 8.94. The maximum atomic E-state index is 12.5. The normalized spacial score (nSPS) is 10.5. The van der Waals surface area contributed by atoms with E-state index < -0.39 is 0 Å². The van der Waals surface area contributed by atoms with Crippen molar-refractivity contribution in [3.05, 3.63) is 34.3 Å². The van der Waals surface area contributed by atoms with Crippen LogP contribution in [0.25, 0.3) is 0 Å². The lowest BCUT2D eigenvalue weighted by Crippen LogP contribution is -2.12. The van der Waals surface area contributed by atoms with E-state index in [1.54, 1.807) is 25.3 Å². The summed E-state index contributed by atoms with van der Waals surface area (Å²) >= 11 is 5.74. The Balaban J connectivity index is 2.13. The van der Waals surface area contributed by atoms with Gasteiger partial charge in [-0.3, -0.25) is 10.1 Å². The molecule has 0 aliphatic heterocycles. The van der Waals surface area contributed by atoms with Crippen molar-refractivity contribution in [2.24, 2.45) is 0 Å². The second-order valence-electron chi connectivity index (χ2n) is 5.11. The number of benzene rings is 1. The van der Waals surface area contributed by atoms with E-state index in [2.05, 4.69) is 22.9 Å². The number of nitrogens with zero attached hydrogens (tertiary/aromatic N) is 1. The minimum atomic E-state index is -0.215. The maximum absolute atomic E-state index is 12.5. The first-order valence-electron chi connectivity index (χ1n) is 7.78. The van der Waals surface area contributed by atoms with Crippen LogP contribution in [0.3, 0.4) is 0 Å². The number of hydrogen-bond donors (Lipinski definition) is 2. The quantitative estimate of drug-likeness (QED) is 0.694. The second-order valence-corrected chi connectivity index (χ2v) is 6.64. The highest BCUT2D eigenvalue weighted by atomic mass is 32.1. The fourth-order valence-corrected chi connectivity index (χ4v) is 3.37. The van der Waals surface area contributed by atoms with Gasteiger partial charge in [0, 0.05) is 10.4 Å². The Morgan fingerprint density at radius 3 is 2.83 bits per heavy atom. The number of carbonyl (C=O) groups is 1. The smallest absolute Gasteiger partial charge is 0.257 e. The van der Waals surface area contributed by atoms with Gasteiger partial charge in [-0.2, -0.15) is 12.6 Å². The van der Waals surface area contributed by atoms with Gasteiger partial charge in [-0.25, -0.2) is 4.98 Å². The van der Waals surface area contributed by atoms with Crippen LogP contribution in [0, 0.1) is 6.92 Å². The number of aryl methyl sites for hydroxylation is 2. The number of thiol groups is 1. The number of aromatic nitrogens is 1. The molecule has 7 heteroatoms. The number of amides is 1. The minimum absolute atomic E-state index is 0.215. The minimum Gasteiger partial charge on any atom is -0.493 e. The lowest BCUT2D eigenvalue weighted by Gasteiger charge is -2.10. The fourth-order valence-electron chi connectivity index (χ4n) is 2.21. The summed E-state index contributed by atoms with van der Waals surface area (Å²) in [4.78, 5) is 18.1. The van der Waals surface area contributed by atoms with Crippen LogP contribution in [0.5, 0.6) is 11.5 Å². The molecule has 1 aromatic carbocycles. The van der Waals surface area contributed by atoms with Crippen LogP contribution in [0.15, 0.2) is 18.2 Å². The van der Waals surface area contributed by atoms with Crippen molar-refractivity contribution >= 4 is 35.0 Å². The first-order valence-corrected chi connectivity index (χ1v) is 9.23. The average Bonchev–Trinajstić information content (AvgIpc) is 2.92. The molecule has 1 aromatic heterocycles. The molecular weight excluding hydrogens is 344 g/mol. The number of ether oxygens (including phenoxy) is 2. The van der Waals surface area contributed by atoms with E-state index in [1.165, 1.54) is 16.2 Å². The number of hydrogen-bond acceptors (Lipinski definition) is 6. The van der Waals surface area contributed by atoms with Crippen LogP contribution in [0.1, 0.15) is 34.3 Å². The number of methoxy groups -OCH3 is 1. The molecule has 0 spiro atoms. The van der Waals surface area contributed by atoms with Gasteiger partial charge in [0.15, 0.2) is 16.6 Å². The predicted molar refractivity (Wildman–Crippen MR) is 101 cm³/mol. The topological polar surface area (TPSA) is 60.5 Å². The summed E-state index contributed by atoms with van der Waals surface area (Å²) < 4.78 is 10.7. The SMILES string of the molecule is CCOc1cc(C(=O)Nc2nc(C)c(CCCS)s2)ccc1OC. The lowest BCUT2D eigenvalue weighted by atomic mass is 10.2. The zero-order valence-electron chi connectivity index (χ0n) is 14.1. The van der Waals surface area contributed by atoms with E-state index in [0.29, 0.717) is 28.8 Å². The van der Waals surface area contributed by atoms with Gasteiger partial charge >= 0.3 is 0 Å². The Morgan fingerprint density at radius 1 is 1.38 bits per heavy atom. The number of rotatable bonds is 8. The first-order chi connectivity index (χ1) is 11.6. The lowest BCUT2D eigenvalue weighted by molar-refractivity contribution is 0.102. The van der Waals surface area contributed by atoms with Crippen molar-refractivity contribution in [1.29, 1.82) is 0 Å². The molecule has 0 saturated carbocycles. The average molecular weight is 367 g/mol. The Bertz CT molecular complexity index is 701. The highest BCUT2D eigenvalue weighted by molar-refractivity contribution is 7.80. The van der Waals surface area contributed by atoms with Crippen molar-refractivity contribution in [1.82, 2.24) is 4.98 Å². The molecule has 0 aliphatic rings. The summed E-state index contributed by atoms with van der Waals surface area (Å²) in [5.74, 6) is 1.78. The Kier molecular flexibility index (Phi) is 6.93. The molecule has 1 heterocycles. The summed E-state index contributed by atoms with van der Waals surface area (Å²) in [5, 5.41) is 3.47. The largest absolute Gasteiger partial charge is 0.493 e. The van der Waals surface area contributed by atoms with E-state index >= 15 is 0 Å². The molecule has 0 bridgehead atoms. The van der Waals surface area contributed by atoms with Crippen molar-refractivity contribution < 1.29 is 14.3 Å². The maximum Gasteiger partial charge on any atom is 0.257 e. The van der Waals surface area contributed by atoms with Crippen LogP contribution in [0.4, 0.5) is 5.13 Å². The molecule has 0 atom stereocenters. The molecule has 5 nitrogen and oxygen atoms in total. The third kappa shape index (κ3) is 4.64. The predicted octanol–water partition coefficient (Wildman–Crippen LogP) is 3.97. The molecule has 130 valence electrons. The van der Waals surface area contributed by atoms with Gasteiger partial charge in [0.25, 0.3) is 5.91 Å². The number of carbonyl (C=O) groups excluding carboxylic acids is 1. The van der Waals surface area contributed by atoms with Crippen molar-refractivity contribution in [3.63, 3.8) is 0 Å². The third-order valence-electron chi connectivity index (χ3n) is 3.40. The van der Waals surface area contributed by atoms with Crippen molar-refractivity contribution in [3.8, 4) is 11.5 Å². The van der Waals surface area contributed by atoms with Crippen LogP contribution in [0.2, 0.25) is 0 Å². The molecule has 1 amide bonds. The Labute approximate surface area is 151 Å². The van der Waals surface area contributed by atoms with Gasteiger partial charge in [-0.05, 0) is 50.6 Å². The molecule has 24 heavy (non-hydrogen) atoms. The Hall–Kier alpha value is -1.73. The van der Waals surface area contributed by atoms with Gasteiger partial charge in [0.1, 0.15) is 0 Å².